The quantitative estimate of drug-likeness (QED) is 0.816. The Labute approximate surface area is 98.1 Å². The molecule has 2 aromatic rings. The Morgan fingerprint density at radius 2 is 2.00 bits per heavy atom. The third-order valence-corrected chi connectivity index (χ3v) is 2.57. The highest BCUT2D eigenvalue weighted by Gasteiger charge is 2.10. The monoisotopic (exact) mass is 229 g/mol. The Bertz CT molecular complexity index is 557. The van der Waals surface area contributed by atoms with Gasteiger partial charge in [0.15, 0.2) is 6.29 Å². The van der Waals surface area contributed by atoms with E-state index in [9.17, 15) is 9.59 Å². The molecule has 0 bridgehead atoms. The number of nitrogens with zero attached hydrogens (tertiary/aromatic N) is 1. The normalized spacial score (nSPS) is 10.1. The van der Waals surface area contributed by atoms with E-state index in [-0.39, 0.29) is 5.56 Å². The molecule has 0 aliphatic heterocycles. The molecule has 0 radical (unpaired) electrons. The summed E-state index contributed by atoms with van der Waals surface area (Å²) >= 11 is 0. The largest absolute Gasteiger partial charge is 0.478 e. The van der Waals surface area contributed by atoms with E-state index in [1.807, 2.05) is 0 Å². The van der Waals surface area contributed by atoms with E-state index >= 15 is 0 Å². The molecule has 0 unspecified atom stereocenters. The SMILES string of the molecule is O=Cc1cccn1Cc1ccccc1C(=O)O. The zero-order valence-corrected chi connectivity index (χ0v) is 9.04. The second kappa shape index (κ2) is 4.65. The fraction of sp³-hybridized carbons (Fsp3) is 0.0769. The third kappa shape index (κ3) is 2.25. The van der Waals surface area contributed by atoms with E-state index in [0.717, 1.165) is 6.29 Å². The van der Waals surface area contributed by atoms with Gasteiger partial charge in [0.2, 0.25) is 0 Å². The van der Waals surface area contributed by atoms with Crippen molar-refractivity contribution in [1.29, 1.82) is 0 Å². The molecule has 0 spiro atoms. The lowest BCUT2D eigenvalue weighted by Crippen LogP contribution is -2.08. The average Bonchev–Trinajstić information content (AvgIpc) is 2.77. The number of hydrogen-bond acceptors (Lipinski definition) is 2. The van der Waals surface area contributed by atoms with Crippen LogP contribution in [0.3, 0.4) is 0 Å². The molecule has 4 heteroatoms. The van der Waals surface area contributed by atoms with Crippen LogP contribution in [-0.4, -0.2) is 21.9 Å². The van der Waals surface area contributed by atoms with Crippen LogP contribution in [0.1, 0.15) is 26.4 Å². The highest BCUT2D eigenvalue weighted by Crippen LogP contribution is 2.12. The minimum Gasteiger partial charge on any atom is -0.478 e. The Balaban J connectivity index is 2.36. The van der Waals surface area contributed by atoms with Crippen LogP contribution in [0.5, 0.6) is 0 Å². The van der Waals surface area contributed by atoms with Crippen LogP contribution in [0, 0.1) is 0 Å². The molecule has 0 aliphatic carbocycles. The number of benzene rings is 1. The molecule has 1 aromatic heterocycles. The first-order chi connectivity index (χ1) is 8.22. The molecule has 1 aromatic carbocycles. The molecular formula is C13H11NO3. The third-order valence-electron chi connectivity index (χ3n) is 2.57. The maximum Gasteiger partial charge on any atom is 0.336 e. The van der Waals surface area contributed by atoms with Crippen molar-refractivity contribution in [1.82, 2.24) is 4.57 Å². The van der Waals surface area contributed by atoms with Gasteiger partial charge in [-0.15, -0.1) is 0 Å². The molecule has 0 amide bonds. The smallest absolute Gasteiger partial charge is 0.336 e. The van der Waals surface area contributed by atoms with Gasteiger partial charge in [-0.1, -0.05) is 18.2 Å². The predicted molar refractivity (Wildman–Crippen MR) is 62.3 cm³/mol. The summed E-state index contributed by atoms with van der Waals surface area (Å²) in [5, 5.41) is 9.04. The van der Waals surface area contributed by atoms with Crippen molar-refractivity contribution in [2.45, 2.75) is 6.54 Å². The van der Waals surface area contributed by atoms with E-state index < -0.39 is 5.97 Å². The second-order valence-electron chi connectivity index (χ2n) is 3.64. The number of carbonyl (C=O) groups excluding carboxylic acids is 1. The number of carboxylic acids is 1. The topological polar surface area (TPSA) is 59.3 Å². The Morgan fingerprint density at radius 1 is 1.24 bits per heavy atom. The lowest BCUT2D eigenvalue weighted by atomic mass is 10.1. The lowest BCUT2D eigenvalue weighted by molar-refractivity contribution is 0.0695. The molecule has 0 saturated carbocycles. The van der Waals surface area contributed by atoms with Gasteiger partial charge in [-0.3, -0.25) is 4.79 Å². The van der Waals surface area contributed by atoms with Crippen LogP contribution >= 0.6 is 0 Å². The molecule has 2 rings (SSSR count). The van der Waals surface area contributed by atoms with Crippen molar-refractivity contribution in [3.63, 3.8) is 0 Å². The first-order valence-corrected chi connectivity index (χ1v) is 5.14. The molecule has 4 nitrogen and oxygen atoms in total. The van der Waals surface area contributed by atoms with Crippen molar-refractivity contribution in [2.24, 2.45) is 0 Å². The van der Waals surface area contributed by atoms with Gasteiger partial charge in [0.05, 0.1) is 11.3 Å². The summed E-state index contributed by atoms with van der Waals surface area (Å²) in [4.78, 5) is 21.8. The number of hydrogen-bond donors (Lipinski definition) is 1. The highest BCUT2D eigenvalue weighted by molar-refractivity contribution is 5.89. The second-order valence-corrected chi connectivity index (χ2v) is 3.64. The molecule has 0 atom stereocenters. The minimum atomic E-state index is -0.958. The molecule has 0 aliphatic rings. The zero-order chi connectivity index (χ0) is 12.3. The van der Waals surface area contributed by atoms with E-state index in [1.165, 1.54) is 0 Å². The van der Waals surface area contributed by atoms with Crippen LogP contribution in [0.2, 0.25) is 0 Å². The van der Waals surface area contributed by atoms with Crippen molar-refractivity contribution in [3.8, 4) is 0 Å². The number of aldehydes is 1. The summed E-state index contributed by atoms with van der Waals surface area (Å²) in [6.07, 6.45) is 2.51. The molecular weight excluding hydrogens is 218 g/mol. The van der Waals surface area contributed by atoms with Crippen molar-refractivity contribution < 1.29 is 14.7 Å². The Morgan fingerprint density at radius 3 is 2.71 bits per heavy atom. The minimum absolute atomic E-state index is 0.262. The molecule has 86 valence electrons. The van der Waals surface area contributed by atoms with Crippen molar-refractivity contribution in [3.05, 3.63) is 59.4 Å². The van der Waals surface area contributed by atoms with E-state index in [2.05, 4.69) is 0 Å². The number of carboxylic acid groups (broad SMARTS) is 1. The van der Waals surface area contributed by atoms with Gasteiger partial charge in [-0.2, -0.15) is 0 Å². The van der Waals surface area contributed by atoms with Crippen molar-refractivity contribution in [2.75, 3.05) is 0 Å². The standard InChI is InChI=1S/C13H11NO3/c15-9-11-5-3-7-14(11)8-10-4-1-2-6-12(10)13(16)17/h1-7,9H,8H2,(H,16,17). The van der Waals surface area contributed by atoms with Gasteiger partial charge in [-0.05, 0) is 23.8 Å². The van der Waals surface area contributed by atoms with Gasteiger partial charge >= 0.3 is 5.97 Å². The number of aromatic carboxylic acids is 1. The molecule has 0 fully saturated rings. The van der Waals surface area contributed by atoms with E-state index in [0.29, 0.717) is 17.8 Å². The molecule has 1 N–H and O–H groups in total. The molecule has 1 heterocycles. The fourth-order valence-electron chi connectivity index (χ4n) is 1.73. The zero-order valence-electron chi connectivity index (χ0n) is 9.04. The summed E-state index contributed by atoms with van der Waals surface area (Å²) in [6, 6.07) is 10.2. The average molecular weight is 229 g/mol. The van der Waals surface area contributed by atoms with Gasteiger partial charge in [0.25, 0.3) is 0 Å². The van der Waals surface area contributed by atoms with Crippen molar-refractivity contribution >= 4 is 12.3 Å². The number of aromatic nitrogens is 1. The predicted octanol–water partition coefficient (Wildman–Crippen LogP) is 2.05. The van der Waals surface area contributed by atoms with Gasteiger partial charge in [0.1, 0.15) is 0 Å². The first-order valence-electron chi connectivity index (χ1n) is 5.14. The van der Waals surface area contributed by atoms with Gasteiger partial charge in [-0.25, -0.2) is 4.79 Å². The van der Waals surface area contributed by atoms with E-state index in [1.54, 1.807) is 47.2 Å². The van der Waals surface area contributed by atoms with Crippen LogP contribution < -0.4 is 0 Å². The number of carbonyl (C=O) groups is 2. The lowest BCUT2D eigenvalue weighted by Gasteiger charge is -2.08. The van der Waals surface area contributed by atoms with Crippen LogP contribution in [0.25, 0.3) is 0 Å². The highest BCUT2D eigenvalue weighted by atomic mass is 16.4. The Kier molecular flexibility index (Phi) is 3.05. The summed E-state index contributed by atoms with van der Waals surface area (Å²) < 4.78 is 1.72. The summed E-state index contributed by atoms with van der Waals surface area (Å²) in [5.41, 5.74) is 1.47. The van der Waals surface area contributed by atoms with E-state index in [4.69, 9.17) is 5.11 Å². The summed E-state index contributed by atoms with van der Waals surface area (Å²) in [6.45, 7) is 0.379. The Hall–Kier alpha value is -2.36. The summed E-state index contributed by atoms with van der Waals surface area (Å²) in [7, 11) is 0. The van der Waals surface area contributed by atoms with Gasteiger partial charge < -0.3 is 9.67 Å². The van der Waals surface area contributed by atoms with Crippen LogP contribution in [-0.2, 0) is 6.54 Å². The maximum atomic E-state index is 11.0. The molecule has 0 saturated heterocycles. The maximum absolute atomic E-state index is 11.0. The van der Waals surface area contributed by atoms with Crippen LogP contribution in [0.15, 0.2) is 42.6 Å². The summed E-state index contributed by atoms with van der Waals surface area (Å²) in [5.74, 6) is -0.958. The van der Waals surface area contributed by atoms with Gasteiger partial charge in [0, 0.05) is 12.7 Å². The van der Waals surface area contributed by atoms with Crippen LogP contribution in [0.4, 0.5) is 0 Å². The first kappa shape index (κ1) is 11.1. The molecule has 17 heavy (non-hydrogen) atoms. The number of rotatable bonds is 4. The fourth-order valence-corrected chi connectivity index (χ4v) is 1.73.